The molecule has 3 aromatic carbocycles. The third kappa shape index (κ3) is 3.56. The summed E-state index contributed by atoms with van der Waals surface area (Å²) in [6, 6.07) is 24.0. The molecule has 0 saturated heterocycles. The number of benzene rings is 3. The highest BCUT2D eigenvalue weighted by atomic mass is 32.2. The molecule has 0 spiro atoms. The zero-order valence-corrected chi connectivity index (χ0v) is 19.6. The molecule has 0 bridgehead atoms. The van der Waals surface area contributed by atoms with E-state index in [4.69, 9.17) is 9.41 Å². The normalized spacial score (nSPS) is 15.6. The largest absolute Gasteiger partial charge is 0.507 e. The number of pyridine rings is 1. The lowest BCUT2D eigenvalue weighted by atomic mass is 10.00. The number of para-hydroxylation sites is 3. The van der Waals surface area contributed by atoms with E-state index in [0.29, 0.717) is 39.0 Å². The molecule has 0 saturated carbocycles. The van der Waals surface area contributed by atoms with Gasteiger partial charge in [0.2, 0.25) is 0 Å². The van der Waals surface area contributed by atoms with Gasteiger partial charge >= 0.3 is 5.63 Å². The molecule has 0 amide bonds. The van der Waals surface area contributed by atoms with Gasteiger partial charge in [0.25, 0.3) is 5.56 Å². The smallest absolute Gasteiger partial charge is 0.345 e. The Kier molecular flexibility index (Phi) is 5.07. The van der Waals surface area contributed by atoms with E-state index in [1.807, 2.05) is 60.7 Å². The van der Waals surface area contributed by atoms with Crippen LogP contribution in [0.5, 0.6) is 5.75 Å². The number of rotatable bonds is 2. The first-order chi connectivity index (χ1) is 17.0. The van der Waals surface area contributed by atoms with Gasteiger partial charge in [-0.15, -0.1) is 11.8 Å². The van der Waals surface area contributed by atoms with Crippen LogP contribution in [0.1, 0.15) is 22.8 Å². The van der Waals surface area contributed by atoms with Gasteiger partial charge in [-0.25, -0.2) is 4.79 Å². The SMILES string of the molecule is Cn1c(=O)c([C@H]2CC(c3cc4ccccc4oc3=O)=Nc3ccccc3S2)c(O)c2ccccc21. The maximum Gasteiger partial charge on any atom is 0.345 e. The van der Waals surface area contributed by atoms with Crippen molar-refractivity contribution < 1.29 is 9.52 Å². The zero-order chi connectivity index (χ0) is 24.1. The van der Waals surface area contributed by atoms with Crippen molar-refractivity contribution in [2.45, 2.75) is 16.6 Å². The van der Waals surface area contributed by atoms with Crippen molar-refractivity contribution in [3.63, 3.8) is 0 Å². The van der Waals surface area contributed by atoms with Gasteiger partial charge in [0, 0.05) is 34.4 Å². The predicted molar refractivity (Wildman–Crippen MR) is 139 cm³/mol. The number of aliphatic imine (C=N–C) groups is 1. The second-order valence-corrected chi connectivity index (χ2v) is 9.71. The number of hydrogen-bond acceptors (Lipinski definition) is 6. The zero-order valence-electron chi connectivity index (χ0n) is 18.8. The third-order valence-electron chi connectivity index (χ3n) is 6.35. The molecule has 5 aromatic rings. The molecule has 1 aliphatic rings. The van der Waals surface area contributed by atoms with E-state index < -0.39 is 10.9 Å². The molecule has 2 aromatic heterocycles. The average molecular weight is 481 g/mol. The number of thioether (sulfide) groups is 1. The number of hydrogen-bond donors (Lipinski definition) is 1. The van der Waals surface area contributed by atoms with Crippen LogP contribution < -0.4 is 11.2 Å². The van der Waals surface area contributed by atoms with Crippen LogP contribution in [0.3, 0.4) is 0 Å². The van der Waals surface area contributed by atoms with Crippen molar-refractivity contribution in [1.29, 1.82) is 0 Å². The van der Waals surface area contributed by atoms with Crippen LogP contribution in [0.25, 0.3) is 21.9 Å². The Hall–Kier alpha value is -4.10. The van der Waals surface area contributed by atoms with Gasteiger partial charge in [-0.1, -0.05) is 42.5 Å². The lowest BCUT2D eigenvalue weighted by molar-refractivity contribution is 0.471. The monoisotopic (exact) mass is 480 g/mol. The Bertz CT molecular complexity index is 1780. The first-order valence-electron chi connectivity index (χ1n) is 11.2. The lowest BCUT2D eigenvalue weighted by Crippen LogP contribution is -2.24. The minimum atomic E-state index is -0.485. The van der Waals surface area contributed by atoms with Crippen LogP contribution in [0, 0.1) is 0 Å². The van der Waals surface area contributed by atoms with Crippen molar-refractivity contribution >= 4 is 45.0 Å². The van der Waals surface area contributed by atoms with Crippen LogP contribution in [-0.4, -0.2) is 15.4 Å². The van der Waals surface area contributed by atoms with Gasteiger partial charge in [-0.3, -0.25) is 9.79 Å². The Morgan fingerprint density at radius 1 is 1.00 bits per heavy atom. The molecule has 172 valence electrons. The number of aromatic hydroxyl groups is 1. The quantitative estimate of drug-likeness (QED) is 0.327. The number of aromatic nitrogens is 1. The van der Waals surface area contributed by atoms with Crippen LogP contribution in [0.2, 0.25) is 0 Å². The summed E-state index contributed by atoms with van der Waals surface area (Å²) in [5, 5.41) is 12.2. The summed E-state index contributed by atoms with van der Waals surface area (Å²) < 4.78 is 7.14. The molecule has 1 aliphatic heterocycles. The fraction of sp³-hybridized carbons (Fsp3) is 0.107. The summed E-state index contributed by atoms with van der Waals surface area (Å²) in [6.45, 7) is 0. The Labute approximate surface area is 204 Å². The van der Waals surface area contributed by atoms with Crippen molar-refractivity contribution in [1.82, 2.24) is 4.57 Å². The highest BCUT2D eigenvalue weighted by molar-refractivity contribution is 7.99. The number of fused-ring (bicyclic) bond motifs is 3. The summed E-state index contributed by atoms with van der Waals surface area (Å²) in [5.41, 5.74) is 2.27. The molecule has 7 heteroatoms. The molecule has 0 radical (unpaired) electrons. The average Bonchev–Trinajstić information content (AvgIpc) is 3.06. The van der Waals surface area contributed by atoms with Gasteiger partial charge in [-0.05, 0) is 36.4 Å². The fourth-order valence-corrected chi connectivity index (χ4v) is 5.87. The summed E-state index contributed by atoms with van der Waals surface area (Å²) >= 11 is 1.46. The summed E-state index contributed by atoms with van der Waals surface area (Å²) in [4.78, 5) is 32.2. The van der Waals surface area contributed by atoms with Gasteiger partial charge < -0.3 is 14.1 Å². The molecular weight excluding hydrogens is 460 g/mol. The maximum absolute atomic E-state index is 13.5. The van der Waals surface area contributed by atoms with Crippen molar-refractivity contribution in [3.8, 4) is 5.75 Å². The van der Waals surface area contributed by atoms with Gasteiger partial charge in [0.15, 0.2) is 0 Å². The molecule has 0 aliphatic carbocycles. The third-order valence-corrected chi connectivity index (χ3v) is 7.64. The highest BCUT2D eigenvalue weighted by Crippen LogP contribution is 2.47. The van der Waals surface area contributed by atoms with E-state index in [-0.39, 0.29) is 17.7 Å². The van der Waals surface area contributed by atoms with Crippen molar-refractivity contribution in [3.05, 3.63) is 111 Å². The first kappa shape index (κ1) is 21.4. The Morgan fingerprint density at radius 3 is 2.63 bits per heavy atom. The molecule has 0 unspecified atom stereocenters. The molecule has 6 nitrogen and oxygen atoms in total. The maximum atomic E-state index is 13.5. The minimum Gasteiger partial charge on any atom is -0.507 e. The first-order valence-corrected chi connectivity index (χ1v) is 12.1. The van der Waals surface area contributed by atoms with E-state index in [1.165, 1.54) is 11.8 Å². The number of aryl methyl sites for hydroxylation is 1. The lowest BCUT2D eigenvalue weighted by Gasteiger charge is -2.19. The standard InChI is InChI=1S/C28H20N2O4S/c1-30-21-11-5-3-9-17(21)26(31)25(27(30)32)24-15-20(29-19-10-4-7-13-23(19)35-24)18-14-16-8-2-6-12-22(16)34-28(18)33/h2-14,24,31H,15H2,1H3/t24-/m1/s1. The predicted octanol–water partition coefficient (Wildman–Crippen LogP) is 5.71. The molecule has 1 N–H and O–H groups in total. The Balaban J connectivity index is 1.58. The van der Waals surface area contributed by atoms with E-state index in [1.54, 1.807) is 29.8 Å². The van der Waals surface area contributed by atoms with Crippen LogP contribution in [-0.2, 0) is 7.05 Å². The van der Waals surface area contributed by atoms with Crippen LogP contribution in [0.4, 0.5) is 5.69 Å². The highest BCUT2D eigenvalue weighted by Gasteiger charge is 2.30. The second-order valence-electron chi connectivity index (χ2n) is 8.47. The summed E-state index contributed by atoms with van der Waals surface area (Å²) in [6.07, 6.45) is 0.267. The molecule has 0 fully saturated rings. The number of nitrogens with zero attached hydrogens (tertiary/aromatic N) is 2. The van der Waals surface area contributed by atoms with Gasteiger partial charge in [0.1, 0.15) is 11.3 Å². The molecule has 35 heavy (non-hydrogen) atoms. The van der Waals surface area contributed by atoms with Crippen molar-refractivity contribution in [2.24, 2.45) is 12.0 Å². The van der Waals surface area contributed by atoms with Gasteiger partial charge in [-0.2, -0.15) is 0 Å². The van der Waals surface area contributed by atoms with E-state index >= 15 is 0 Å². The van der Waals surface area contributed by atoms with Crippen LogP contribution >= 0.6 is 11.8 Å². The summed E-state index contributed by atoms with van der Waals surface area (Å²) in [5.74, 6) is -0.0366. The molecule has 6 rings (SSSR count). The van der Waals surface area contributed by atoms with E-state index in [0.717, 1.165) is 10.3 Å². The van der Waals surface area contributed by atoms with E-state index in [2.05, 4.69) is 0 Å². The van der Waals surface area contributed by atoms with E-state index in [9.17, 15) is 14.7 Å². The van der Waals surface area contributed by atoms with Gasteiger partial charge in [0.05, 0.1) is 28.0 Å². The fourth-order valence-electron chi connectivity index (χ4n) is 4.60. The molecule has 3 heterocycles. The molecular formula is C28H20N2O4S. The Morgan fingerprint density at radius 2 is 1.74 bits per heavy atom. The topological polar surface area (TPSA) is 84.8 Å². The van der Waals surface area contributed by atoms with Crippen LogP contribution in [0.15, 0.2) is 103 Å². The second kappa shape index (κ2) is 8.29. The minimum absolute atomic E-state index is 0.0366. The molecule has 1 atom stereocenters. The van der Waals surface area contributed by atoms with Crippen molar-refractivity contribution in [2.75, 3.05) is 0 Å². The summed E-state index contributed by atoms with van der Waals surface area (Å²) in [7, 11) is 1.70.